The maximum absolute atomic E-state index is 12.8. The van der Waals surface area contributed by atoms with Crippen molar-refractivity contribution in [1.82, 2.24) is 4.90 Å². The van der Waals surface area contributed by atoms with Crippen LogP contribution in [0.1, 0.15) is 36.0 Å². The van der Waals surface area contributed by atoms with E-state index < -0.39 is 0 Å². The minimum atomic E-state index is -0.224. The first-order chi connectivity index (χ1) is 11.7. The number of hydrogen-bond donors (Lipinski definition) is 0. The van der Waals surface area contributed by atoms with Crippen molar-refractivity contribution < 1.29 is 23.7 Å². The first-order valence-electron chi connectivity index (χ1n) is 8.57. The van der Waals surface area contributed by atoms with Gasteiger partial charge in [0.25, 0.3) is 5.91 Å². The molecule has 24 heavy (non-hydrogen) atoms. The Hall–Kier alpha value is -1.79. The number of amides is 1. The van der Waals surface area contributed by atoms with Crippen LogP contribution in [0.5, 0.6) is 11.5 Å². The fourth-order valence-electron chi connectivity index (χ4n) is 4.00. The summed E-state index contributed by atoms with van der Waals surface area (Å²) < 4.78 is 22.4. The zero-order valence-corrected chi connectivity index (χ0v) is 14.0. The Labute approximate surface area is 141 Å². The Morgan fingerprint density at radius 1 is 1.25 bits per heavy atom. The van der Waals surface area contributed by atoms with Gasteiger partial charge in [-0.15, -0.1) is 0 Å². The van der Waals surface area contributed by atoms with Gasteiger partial charge in [0.15, 0.2) is 11.5 Å². The van der Waals surface area contributed by atoms with Crippen LogP contribution >= 0.6 is 0 Å². The predicted molar refractivity (Wildman–Crippen MR) is 86.4 cm³/mol. The van der Waals surface area contributed by atoms with Crippen LogP contribution in [0.15, 0.2) is 18.2 Å². The number of carbonyl (C=O) groups excluding carboxylic acids is 1. The molecule has 1 spiro atoms. The lowest BCUT2D eigenvalue weighted by molar-refractivity contribution is -0.183. The second-order valence-corrected chi connectivity index (χ2v) is 6.64. The van der Waals surface area contributed by atoms with E-state index in [9.17, 15) is 4.79 Å². The lowest BCUT2D eigenvalue weighted by atomic mass is 9.81. The molecule has 1 amide bonds. The van der Waals surface area contributed by atoms with Gasteiger partial charge in [0.2, 0.25) is 6.79 Å². The molecule has 0 radical (unpaired) electrons. The summed E-state index contributed by atoms with van der Waals surface area (Å²) in [6.07, 6.45) is 3.85. The van der Waals surface area contributed by atoms with Crippen molar-refractivity contribution in [1.29, 1.82) is 0 Å². The van der Waals surface area contributed by atoms with E-state index in [2.05, 4.69) is 0 Å². The topological polar surface area (TPSA) is 57.2 Å². The van der Waals surface area contributed by atoms with Crippen molar-refractivity contribution in [2.24, 2.45) is 0 Å². The molecule has 0 aliphatic carbocycles. The second kappa shape index (κ2) is 6.26. The van der Waals surface area contributed by atoms with Gasteiger partial charge in [-0.1, -0.05) is 0 Å². The van der Waals surface area contributed by atoms with E-state index in [1.807, 2.05) is 4.90 Å². The normalized spacial score (nSPS) is 25.0. The summed E-state index contributed by atoms with van der Waals surface area (Å²) in [6.45, 7) is 2.38. The van der Waals surface area contributed by atoms with E-state index in [1.54, 1.807) is 25.3 Å². The summed E-state index contributed by atoms with van der Waals surface area (Å²) in [6, 6.07) is 5.37. The molecule has 1 atom stereocenters. The quantitative estimate of drug-likeness (QED) is 0.830. The molecule has 3 heterocycles. The van der Waals surface area contributed by atoms with Crippen LogP contribution in [0.2, 0.25) is 0 Å². The SMILES string of the molecule is CO[C@H]1CCCOC12CCN(C(=O)c1ccc3c(c1)OCO3)CC2. The van der Waals surface area contributed by atoms with Gasteiger partial charge < -0.3 is 23.8 Å². The third kappa shape index (κ3) is 2.63. The number of piperidine rings is 1. The van der Waals surface area contributed by atoms with Crippen molar-refractivity contribution in [3.63, 3.8) is 0 Å². The molecule has 1 aromatic rings. The smallest absolute Gasteiger partial charge is 0.253 e. The highest BCUT2D eigenvalue weighted by Gasteiger charge is 2.45. The Kier molecular flexibility index (Phi) is 4.10. The highest BCUT2D eigenvalue weighted by atomic mass is 16.7. The van der Waals surface area contributed by atoms with Crippen LogP contribution in [0, 0.1) is 0 Å². The summed E-state index contributed by atoms with van der Waals surface area (Å²) in [5.74, 6) is 1.38. The Bertz CT molecular complexity index is 624. The van der Waals surface area contributed by atoms with Crippen LogP contribution < -0.4 is 9.47 Å². The lowest BCUT2D eigenvalue weighted by Crippen LogP contribution is -2.56. The zero-order chi connectivity index (χ0) is 16.6. The standard InChI is InChI=1S/C18H23NO5/c1-21-16-3-2-10-24-18(16)6-8-19(9-7-18)17(20)13-4-5-14-15(11-13)23-12-22-14/h4-5,11,16H,2-3,6-10,12H2,1H3/t16-/m0/s1. The minimum absolute atomic E-state index is 0.0351. The van der Waals surface area contributed by atoms with Crippen LogP contribution in [-0.2, 0) is 9.47 Å². The van der Waals surface area contributed by atoms with E-state index in [1.165, 1.54) is 0 Å². The zero-order valence-electron chi connectivity index (χ0n) is 14.0. The largest absolute Gasteiger partial charge is 0.454 e. The number of nitrogens with zero attached hydrogens (tertiary/aromatic N) is 1. The minimum Gasteiger partial charge on any atom is -0.454 e. The number of methoxy groups -OCH3 is 1. The van der Waals surface area contributed by atoms with Gasteiger partial charge in [-0.3, -0.25) is 4.79 Å². The molecule has 6 heteroatoms. The molecule has 0 bridgehead atoms. The number of carbonyl (C=O) groups is 1. The number of benzene rings is 1. The second-order valence-electron chi connectivity index (χ2n) is 6.64. The monoisotopic (exact) mass is 333 g/mol. The lowest BCUT2D eigenvalue weighted by Gasteiger charge is -2.48. The van der Waals surface area contributed by atoms with E-state index in [4.69, 9.17) is 18.9 Å². The number of ether oxygens (including phenoxy) is 4. The molecule has 3 aliphatic heterocycles. The first kappa shape index (κ1) is 15.7. The Morgan fingerprint density at radius 2 is 2.04 bits per heavy atom. The first-order valence-corrected chi connectivity index (χ1v) is 8.57. The number of hydrogen-bond acceptors (Lipinski definition) is 5. The summed E-state index contributed by atoms with van der Waals surface area (Å²) in [5, 5.41) is 0. The van der Waals surface area contributed by atoms with Gasteiger partial charge >= 0.3 is 0 Å². The average molecular weight is 333 g/mol. The molecular formula is C18H23NO5. The molecule has 0 N–H and O–H groups in total. The fraction of sp³-hybridized carbons (Fsp3) is 0.611. The number of likely N-dealkylation sites (tertiary alicyclic amines) is 1. The van der Waals surface area contributed by atoms with Gasteiger partial charge in [-0.05, 0) is 43.9 Å². The third-order valence-electron chi connectivity index (χ3n) is 5.39. The van der Waals surface area contributed by atoms with Gasteiger partial charge in [0, 0.05) is 32.4 Å². The van der Waals surface area contributed by atoms with Crippen LogP contribution in [0.3, 0.4) is 0 Å². The summed E-state index contributed by atoms with van der Waals surface area (Å²) in [4.78, 5) is 14.7. The summed E-state index contributed by atoms with van der Waals surface area (Å²) >= 11 is 0. The van der Waals surface area contributed by atoms with E-state index in [-0.39, 0.29) is 24.4 Å². The molecule has 2 fully saturated rings. The highest BCUT2D eigenvalue weighted by Crippen LogP contribution is 2.38. The molecule has 3 aliphatic rings. The van der Waals surface area contributed by atoms with E-state index in [0.717, 1.165) is 32.3 Å². The average Bonchev–Trinajstić information content (AvgIpc) is 3.10. The van der Waals surface area contributed by atoms with Crippen molar-refractivity contribution in [2.45, 2.75) is 37.4 Å². The fourth-order valence-corrected chi connectivity index (χ4v) is 4.00. The maximum Gasteiger partial charge on any atom is 0.253 e. The van der Waals surface area contributed by atoms with E-state index in [0.29, 0.717) is 30.2 Å². The van der Waals surface area contributed by atoms with Crippen LogP contribution in [-0.4, -0.2) is 56.1 Å². The van der Waals surface area contributed by atoms with Crippen molar-refractivity contribution in [3.8, 4) is 11.5 Å². The maximum atomic E-state index is 12.8. The molecular weight excluding hydrogens is 310 g/mol. The molecule has 6 nitrogen and oxygen atoms in total. The Morgan fingerprint density at radius 3 is 2.83 bits per heavy atom. The highest BCUT2D eigenvalue weighted by molar-refractivity contribution is 5.95. The van der Waals surface area contributed by atoms with Crippen LogP contribution in [0.4, 0.5) is 0 Å². The number of rotatable bonds is 2. The van der Waals surface area contributed by atoms with Crippen molar-refractivity contribution in [3.05, 3.63) is 23.8 Å². The number of fused-ring (bicyclic) bond motifs is 1. The summed E-state index contributed by atoms with van der Waals surface area (Å²) in [5.41, 5.74) is 0.418. The van der Waals surface area contributed by atoms with Crippen LogP contribution in [0.25, 0.3) is 0 Å². The molecule has 1 aromatic carbocycles. The predicted octanol–water partition coefficient (Wildman–Crippen LogP) is 2.22. The van der Waals surface area contributed by atoms with E-state index >= 15 is 0 Å². The van der Waals surface area contributed by atoms with Gasteiger partial charge in [-0.2, -0.15) is 0 Å². The van der Waals surface area contributed by atoms with Crippen molar-refractivity contribution in [2.75, 3.05) is 33.6 Å². The Balaban J connectivity index is 1.44. The van der Waals surface area contributed by atoms with Gasteiger partial charge in [0.1, 0.15) is 0 Å². The molecule has 0 aromatic heterocycles. The molecule has 0 unspecified atom stereocenters. The van der Waals surface area contributed by atoms with Crippen molar-refractivity contribution >= 4 is 5.91 Å². The third-order valence-corrected chi connectivity index (χ3v) is 5.39. The van der Waals surface area contributed by atoms with Gasteiger partial charge in [-0.25, -0.2) is 0 Å². The molecule has 2 saturated heterocycles. The molecule has 4 rings (SSSR count). The van der Waals surface area contributed by atoms with Gasteiger partial charge in [0.05, 0.1) is 11.7 Å². The molecule has 0 saturated carbocycles. The summed E-state index contributed by atoms with van der Waals surface area (Å²) in [7, 11) is 1.76. The molecule has 130 valence electrons.